The van der Waals surface area contributed by atoms with E-state index in [4.69, 9.17) is 0 Å². The van der Waals surface area contributed by atoms with Gasteiger partial charge in [-0.2, -0.15) is 13.2 Å². The smallest absolute Gasteiger partial charge is 0.365 e. The number of carbonyl (C=O) groups is 2. The maximum absolute atomic E-state index is 14.0. The monoisotopic (exact) mass is 522 g/mol. The summed E-state index contributed by atoms with van der Waals surface area (Å²) in [5.41, 5.74) is 0.00182. The molecule has 0 aliphatic carbocycles. The number of benzene rings is 2. The zero-order chi connectivity index (χ0) is 27.4. The fourth-order valence-corrected chi connectivity index (χ4v) is 3.83. The summed E-state index contributed by atoms with van der Waals surface area (Å²) in [6.45, 7) is 4.27. The molecule has 0 aromatic heterocycles. The standard InChI is InChI=1S/C17H19F4N3O2.C10H15N/c1-12(16(10-25)23-7-5-22-6-8-23)24(11-26)9-13-14(17(19,20)21)3-2-4-15(13)18;1-11(2)9-8-10-6-4-3-5-7-10/h2-4,10-11,22H,5-9H2,1H3;3-7H,8-9H2,1-2H3/b16-12+;. The molecule has 1 aliphatic rings. The molecule has 0 saturated carbocycles. The fraction of sp³-hybridized carbons (Fsp3) is 0.407. The molecule has 2 aromatic rings. The summed E-state index contributed by atoms with van der Waals surface area (Å²) in [6, 6.07) is 13.2. The summed E-state index contributed by atoms with van der Waals surface area (Å²) in [5.74, 6) is -1.06. The Morgan fingerprint density at radius 3 is 2.22 bits per heavy atom. The Morgan fingerprint density at radius 2 is 1.68 bits per heavy atom. The molecule has 202 valence electrons. The van der Waals surface area contributed by atoms with Crippen molar-refractivity contribution in [2.75, 3.05) is 46.8 Å². The number of alkyl halides is 3. The largest absolute Gasteiger partial charge is 0.416 e. The third-order valence-corrected chi connectivity index (χ3v) is 5.94. The first-order valence-electron chi connectivity index (χ1n) is 11.9. The molecule has 1 amide bonds. The van der Waals surface area contributed by atoms with Crippen LogP contribution in [0.4, 0.5) is 17.6 Å². The molecule has 0 unspecified atom stereocenters. The van der Waals surface area contributed by atoms with Crippen LogP contribution in [0.15, 0.2) is 59.9 Å². The van der Waals surface area contributed by atoms with Gasteiger partial charge in [0.1, 0.15) is 5.82 Å². The van der Waals surface area contributed by atoms with E-state index in [2.05, 4.69) is 54.6 Å². The van der Waals surface area contributed by atoms with Gasteiger partial charge in [-0.05, 0) is 45.1 Å². The van der Waals surface area contributed by atoms with Crippen molar-refractivity contribution >= 4 is 12.7 Å². The number of halogens is 4. The molecule has 1 aliphatic heterocycles. The number of nitrogens with zero attached hydrogens (tertiary/aromatic N) is 3. The van der Waals surface area contributed by atoms with E-state index in [0.717, 1.165) is 36.1 Å². The van der Waals surface area contributed by atoms with Gasteiger partial charge < -0.3 is 20.0 Å². The number of hydrogen-bond acceptors (Lipinski definition) is 5. The van der Waals surface area contributed by atoms with Crippen LogP contribution in [-0.4, -0.2) is 74.2 Å². The molecule has 3 rings (SSSR count). The summed E-state index contributed by atoms with van der Waals surface area (Å²) in [6.07, 6.45) is -2.75. The van der Waals surface area contributed by atoms with Gasteiger partial charge in [0.2, 0.25) is 6.41 Å². The molecule has 0 radical (unpaired) electrons. The van der Waals surface area contributed by atoms with Gasteiger partial charge in [0, 0.05) is 44.0 Å². The molecule has 10 heteroatoms. The second-order valence-corrected chi connectivity index (χ2v) is 8.86. The predicted molar refractivity (Wildman–Crippen MR) is 135 cm³/mol. The highest BCUT2D eigenvalue weighted by Crippen LogP contribution is 2.34. The van der Waals surface area contributed by atoms with E-state index in [1.807, 2.05) is 0 Å². The van der Waals surface area contributed by atoms with Crippen molar-refractivity contribution in [1.82, 2.24) is 20.0 Å². The first-order valence-corrected chi connectivity index (χ1v) is 11.9. The maximum atomic E-state index is 14.0. The van der Waals surface area contributed by atoms with E-state index >= 15 is 0 Å². The lowest BCUT2D eigenvalue weighted by Crippen LogP contribution is -2.44. The summed E-state index contributed by atoms with van der Waals surface area (Å²) in [4.78, 5) is 27.8. The minimum Gasteiger partial charge on any atom is -0.365 e. The molecule has 1 saturated heterocycles. The number of carbonyl (C=O) groups excluding carboxylic acids is 2. The number of hydrogen-bond donors (Lipinski definition) is 1. The number of rotatable bonds is 9. The van der Waals surface area contributed by atoms with Crippen LogP contribution in [-0.2, 0) is 28.7 Å². The van der Waals surface area contributed by atoms with Crippen molar-refractivity contribution in [2.24, 2.45) is 0 Å². The molecule has 1 heterocycles. The Morgan fingerprint density at radius 1 is 1.03 bits per heavy atom. The zero-order valence-corrected chi connectivity index (χ0v) is 21.4. The van der Waals surface area contributed by atoms with Gasteiger partial charge in [-0.3, -0.25) is 9.59 Å². The second kappa shape index (κ2) is 14.5. The average Bonchev–Trinajstić information content (AvgIpc) is 2.88. The number of nitrogens with one attached hydrogen (secondary N) is 1. The van der Waals surface area contributed by atoms with Gasteiger partial charge in [-0.15, -0.1) is 0 Å². The zero-order valence-electron chi connectivity index (χ0n) is 21.4. The van der Waals surface area contributed by atoms with Crippen molar-refractivity contribution in [3.63, 3.8) is 0 Å². The SMILES string of the molecule is C/C(=C(/C=O)N1CCNCC1)N(C=O)Cc1c(F)cccc1C(F)(F)F.CN(C)CCc1ccccc1. The number of aldehydes is 1. The lowest BCUT2D eigenvalue weighted by Gasteiger charge is -2.32. The lowest BCUT2D eigenvalue weighted by molar-refractivity contribution is -0.139. The molecule has 0 atom stereocenters. The van der Waals surface area contributed by atoms with E-state index in [9.17, 15) is 27.2 Å². The molecule has 1 fully saturated rings. The van der Waals surface area contributed by atoms with Crippen LogP contribution >= 0.6 is 0 Å². The maximum Gasteiger partial charge on any atom is 0.416 e. The minimum absolute atomic E-state index is 0.174. The van der Waals surface area contributed by atoms with E-state index in [1.54, 1.807) is 4.90 Å². The summed E-state index contributed by atoms with van der Waals surface area (Å²) < 4.78 is 53.5. The highest BCUT2D eigenvalue weighted by Gasteiger charge is 2.35. The third-order valence-electron chi connectivity index (χ3n) is 5.94. The number of allylic oxidation sites excluding steroid dienone is 2. The molecule has 2 aromatic carbocycles. The second-order valence-electron chi connectivity index (χ2n) is 8.86. The number of amides is 1. The van der Waals surface area contributed by atoms with Crippen molar-refractivity contribution in [3.05, 3.63) is 82.4 Å². The van der Waals surface area contributed by atoms with E-state index in [0.29, 0.717) is 38.9 Å². The Labute approximate surface area is 215 Å². The van der Waals surface area contributed by atoms with Gasteiger partial charge >= 0.3 is 6.18 Å². The van der Waals surface area contributed by atoms with Gasteiger partial charge in [-0.25, -0.2) is 4.39 Å². The van der Waals surface area contributed by atoms with Crippen LogP contribution in [0.5, 0.6) is 0 Å². The van der Waals surface area contributed by atoms with Gasteiger partial charge in [-0.1, -0.05) is 36.4 Å². The average molecular weight is 523 g/mol. The fourth-order valence-electron chi connectivity index (χ4n) is 3.83. The summed E-state index contributed by atoms with van der Waals surface area (Å²) in [5, 5.41) is 3.11. The van der Waals surface area contributed by atoms with Crippen LogP contribution in [0.1, 0.15) is 23.6 Å². The molecule has 6 nitrogen and oxygen atoms in total. The molecule has 0 bridgehead atoms. The molecular formula is C27H34F4N4O2. The quantitative estimate of drug-likeness (QED) is 0.307. The molecule has 37 heavy (non-hydrogen) atoms. The van der Waals surface area contributed by atoms with E-state index in [1.165, 1.54) is 12.5 Å². The first-order chi connectivity index (χ1) is 17.6. The van der Waals surface area contributed by atoms with Crippen LogP contribution < -0.4 is 5.32 Å². The van der Waals surface area contributed by atoms with Crippen molar-refractivity contribution < 1.29 is 27.2 Å². The Hall–Kier alpha value is -3.24. The Bertz CT molecular complexity index is 1040. The minimum atomic E-state index is -4.75. The topological polar surface area (TPSA) is 55.9 Å². The van der Waals surface area contributed by atoms with E-state index in [-0.39, 0.29) is 11.4 Å². The highest BCUT2D eigenvalue weighted by molar-refractivity contribution is 5.74. The van der Waals surface area contributed by atoms with Gasteiger partial charge in [0.05, 0.1) is 17.8 Å². The first kappa shape index (κ1) is 30.0. The van der Waals surface area contributed by atoms with Crippen molar-refractivity contribution in [3.8, 4) is 0 Å². The Kier molecular flexibility index (Phi) is 11.7. The third kappa shape index (κ3) is 9.29. The number of piperazine rings is 1. The van der Waals surface area contributed by atoms with E-state index < -0.39 is 29.7 Å². The van der Waals surface area contributed by atoms with Gasteiger partial charge in [0.25, 0.3) is 0 Å². The molecule has 0 spiro atoms. The van der Waals surface area contributed by atoms with Crippen molar-refractivity contribution in [1.29, 1.82) is 0 Å². The van der Waals surface area contributed by atoms with Crippen LogP contribution in [0.2, 0.25) is 0 Å². The normalized spacial score (nSPS) is 14.4. The lowest BCUT2D eigenvalue weighted by atomic mass is 10.1. The van der Waals surface area contributed by atoms with Crippen LogP contribution in [0, 0.1) is 5.82 Å². The predicted octanol–water partition coefficient (Wildman–Crippen LogP) is 3.93. The van der Waals surface area contributed by atoms with Crippen molar-refractivity contribution in [2.45, 2.75) is 26.1 Å². The summed E-state index contributed by atoms with van der Waals surface area (Å²) >= 11 is 0. The Balaban J connectivity index is 0.000000364. The molecular weight excluding hydrogens is 488 g/mol. The van der Waals surface area contributed by atoms with Gasteiger partial charge in [0.15, 0.2) is 6.29 Å². The highest BCUT2D eigenvalue weighted by atomic mass is 19.4. The van der Waals surface area contributed by atoms with Crippen LogP contribution in [0.25, 0.3) is 0 Å². The molecule has 1 N–H and O–H groups in total. The summed E-state index contributed by atoms with van der Waals surface area (Å²) in [7, 11) is 4.20. The number of likely N-dealkylation sites (N-methyl/N-ethyl adjacent to an activating group) is 1. The van der Waals surface area contributed by atoms with Crippen LogP contribution in [0.3, 0.4) is 0 Å².